The summed E-state index contributed by atoms with van der Waals surface area (Å²) in [7, 11) is 0. The Morgan fingerprint density at radius 3 is 2.65 bits per heavy atom. The van der Waals surface area contributed by atoms with Gasteiger partial charge in [0.25, 0.3) is 5.56 Å². The molecule has 0 radical (unpaired) electrons. The van der Waals surface area contributed by atoms with Gasteiger partial charge in [-0.15, -0.1) is 0 Å². The van der Waals surface area contributed by atoms with Crippen LogP contribution in [-0.2, 0) is 17.7 Å². The monoisotopic (exact) mass is 420 g/mol. The van der Waals surface area contributed by atoms with Gasteiger partial charge in [0.15, 0.2) is 0 Å². The molecule has 7 nitrogen and oxygen atoms in total. The number of aromatic nitrogens is 2. The zero-order chi connectivity index (χ0) is 18.9. The van der Waals surface area contributed by atoms with E-state index >= 15 is 0 Å². The molecule has 1 aliphatic rings. The van der Waals surface area contributed by atoms with Crippen LogP contribution >= 0.6 is 15.9 Å². The Morgan fingerprint density at radius 1 is 1.31 bits per heavy atom. The van der Waals surface area contributed by atoms with Crippen molar-refractivity contribution in [2.45, 2.75) is 39.3 Å². The molecule has 3 rings (SSSR count). The first-order valence-electron chi connectivity index (χ1n) is 8.34. The number of amides is 1. The SMILES string of the molecule is CC(C)(C)OC(=O)N1CCc2nc(Nc3ccc(Br)cc3)[nH]c(=O)c2C1. The predicted octanol–water partition coefficient (Wildman–Crippen LogP) is 3.57. The molecule has 0 spiro atoms. The Bertz CT molecular complexity index is 871. The van der Waals surface area contributed by atoms with E-state index in [-0.39, 0.29) is 12.1 Å². The topological polar surface area (TPSA) is 87.3 Å². The molecule has 0 saturated heterocycles. The number of halogens is 1. The zero-order valence-corrected chi connectivity index (χ0v) is 16.5. The Hall–Kier alpha value is -2.35. The van der Waals surface area contributed by atoms with Crippen molar-refractivity contribution in [3.05, 3.63) is 50.3 Å². The maximum atomic E-state index is 12.5. The van der Waals surface area contributed by atoms with Gasteiger partial charge >= 0.3 is 6.09 Å². The third kappa shape index (κ3) is 4.43. The van der Waals surface area contributed by atoms with Crippen molar-refractivity contribution in [1.82, 2.24) is 14.9 Å². The number of carbonyl (C=O) groups excluding carboxylic acids is 1. The molecular weight excluding hydrogens is 400 g/mol. The fourth-order valence-electron chi connectivity index (χ4n) is 2.64. The highest BCUT2D eigenvalue weighted by molar-refractivity contribution is 9.10. The third-order valence-electron chi connectivity index (χ3n) is 3.83. The van der Waals surface area contributed by atoms with Crippen LogP contribution in [0.15, 0.2) is 33.5 Å². The molecule has 1 aromatic carbocycles. The minimum atomic E-state index is -0.569. The molecule has 1 amide bonds. The van der Waals surface area contributed by atoms with E-state index in [1.807, 2.05) is 45.0 Å². The smallest absolute Gasteiger partial charge is 0.410 e. The van der Waals surface area contributed by atoms with Crippen molar-refractivity contribution in [3.8, 4) is 0 Å². The number of ether oxygens (including phenoxy) is 1. The summed E-state index contributed by atoms with van der Waals surface area (Å²) in [6, 6.07) is 7.57. The molecule has 138 valence electrons. The van der Waals surface area contributed by atoms with Gasteiger partial charge in [-0.1, -0.05) is 15.9 Å². The summed E-state index contributed by atoms with van der Waals surface area (Å²) in [5, 5.41) is 3.09. The molecule has 26 heavy (non-hydrogen) atoms. The number of nitrogens with one attached hydrogen (secondary N) is 2. The minimum Gasteiger partial charge on any atom is -0.444 e. The van der Waals surface area contributed by atoms with Gasteiger partial charge in [0, 0.05) is 23.1 Å². The highest BCUT2D eigenvalue weighted by atomic mass is 79.9. The van der Waals surface area contributed by atoms with E-state index in [0.717, 1.165) is 10.2 Å². The molecule has 0 bridgehead atoms. The lowest BCUT2D eigenvalue weighted by molar-refractivity contribution is 0.0222. The quantitative estimate of drug-likeness (QED) is 0.774. The van der Waals surface area contributed by atoms with Gasteiger partial charge in [-0.3, -0.25) is 9.78 Å². The number of aromatic amines is 1. The van der Waals surface area contributed by atoms with Gasteiger partial charge in [0.2, 0.25) is 5.95 Å². The standard InChI is InChI=1S/C18H21BrN4O3/c1-18(2,3)26-17(25)23-9-8-14-13(10-23)15(24)22-16(21-14)20-12-6-4-11(19)5-7-12/h4-7H,8-10H2,1-3H3,(H2,20,21,22,24). The van der Waals surface area contributed by atoms with Gasteiger partial charge < -0.3 is 15.0 Å². The van der Waals surface area contributed by atoms with Gasteiger partial charge in [-0.05, 0) is 45.0 Å². The Morgan fingerprint density at radius 2 is 2.00 bits per heavy atom. The summed E-state index contributed by atoms with van der Waals surface area (Å²) >= 11 is 3.38. The fourth-order valence-corrected chi connectivity index (χ4v) is 2.90. The van der Waals surface area contributed by atoms with Crippen LogP contribution in [-0.4, -0.2) is 33.1 Å². The van der Waals surface area contributed by atoms with Crippen LogP contribution in [0.25, 0.3) is 0 Å². The molecule has 8 heteroatoms. The van der Waals surface area contributed by atoms with Gasteiger partial charge in [0.1, 0.15) is 5.60 Å². The van der Waals surface area contributed by atoms with Crippen LogP contribution < -0.4 is 10.9 Å². The number of anilines is 2. The number of nitrogens with zero attached hydrogens (tertiary/aromatic N) is 2. The molecule has 0 saturated carbocycles. The second kappa shape index (κ2) is 7.11. The first kappa shape index (κ1) is 18.4. The van der Waals surface area contributed by atoms with Crippen molar-refractivity contribution in [1.29, 1.82) is 0 Å². The molecule has 0 aliphatic carbocycles. The van der Waals surface area contributed by atoms with Crippen molar-refractivity contribution in [2.75, 3.05) is 11.9 Å². The van der Waals surface area contributed by atoms with Gasteiger partial charge in [-0.2, -0.15) is 0 Å². The van der Waals surface area contributed by atoms with Crippen molar-refractivity contribution < 1.29 is 9.53 Å². The first-order valence-corrected chi connectivity index (χ1v) is 9.13. The second-order valence-corrected chi connectivity index (χ2v) is 8.04. The first-order chi connectivity index (χ1) is 12.2. The largest absolute Gasteiger partial charge is 0.444 e. The van der Waals surface area contributed by atoms with E-state index in [4.69, 9.17) is 4.74 Å². The molecule has 1 aromatic heterocycles. The number of benzene rings is 1. The Kier molecular flexibility index (Phi) is 5.04. The summed E-state index contributed by atoms with van der Waals surface area (Å²) in [4.78, 5) is 33.5. The number of hydrogen-bond donors (Lipinski definition) is 2. The van der Waals surface area contributed by atoms with Crippen molar-refractivity contribution in [2.24, 2.45) is 0 Å². The number of carbonyl (C=O) groups is 1. The summed E-state index contributed by atoms with van der Waals surface area (Å²) < 4.78 is 6.35. The average molecular weight is 421 g/mol. The fraction of sp³-hybridized carbons (Fsp3) is 0.389. The van der Waals surface area contributed by atoms with Crippen LogP contribution in [0.3, 0.4) is 0 Å². The van der Waals surface area contributed by atoms with Gasteiger partial charge in [-0.25, -0.2) is 9.78 Å². The lowest BCUT2D eigenvalue weighted by atomic mass is 10.1. The van der Waals surface area contributed by atoms with E-state index in [1.165, 1.54) is 4.90 Å². The molecule has 1 aliphatic heterocycles. The van der Waals surface area contributed by atoms with Crippen LogP contribution in [0.5, 0.6) is 0 Å². The lowest BCUT2D eigenvalue weighted by Crippen LogP contribution is -2.42. The van der Waals surface area contributed by atoms with Crippen molar-refractivity contribution >= 4 is 33.7 Å². The molecule has 2 aromatic rings. The van der Waals surface area contributed by atoms with E-state index in [9.17, 15) is 9.59 Å². The lowest BCUT2D eigenvalue weighted by Gasteiger charge is -2.30. The Balaban J connectivity index is 1.77. The molecule has 2 N–H and O–H groups in total. The number of H-pyrrole nitrogens is 1. The molecular formula is C18H21BrN4O3. The molecule has 0 fully saturated rings. The van der Waals surface area contributed by atoms with Crippen LogP contribution in [0.2, 0.25) is 0 Å². The third-order valence-corrected chi connectivity index (χ3v) is 4.36. The number of rotatable bonds is 2. The highest BCUT2D eigenvalue weighted by Crippen LogP contribution is 2.20. The Labute approximate surface area is 159 Å². The van der Waals surface area contributed by atoms with Gasteiger partial charge in [0.05, 0.1) is 17.8 Å². The highest BCUT2D eigenvalue weighted by Gasteiger charge is 2.28. The maximum Gasteiger partial charge on any atom is 0.410 e. The minimum absolute atomic E-state index is 0.200. The van der Waals surface area contributed by atoms with Crippen LogP contribution in [0.1, 0.15) is 32.0 Å². The zero-order valence-electron chi connectivity index (χ0n) is 14.9. The van der Waals surface area contributed by atoms with E-state index in [2.05, 4.69) is 31.2 Å². The van der Waals surface area contributed by atoms with E-state index < -0.39 is 11.7 Å². The van der Waals surface area contributed by atoms with Crippen LogP contribution in [0.4, 0.5) is 16.4 Å². The number of fused-ring (bicyclic) bond motifs is 1. The van der Waals surface area contributed by atoms with Crippen LogP contribution in [0, 0.1) is 0 Å². The summed E-state index contributed by atoms with van der Waals surface area (Å²) in [6.45, 7) is 6.12. The molecule has 0 atom stereocenters. The normalized spacial score (nSPS) is 13.9. The molecule has 0 unspecified atom stereocenters. The van der Waals surface area contributed by atoms with E-state index in [0.29, 0.717) is 30.2 Å². The average Bonchev–Trinajstić information content (AvgIpc) is 2.55. The molecule has 2 heterocycles. The summed E-state index contributed by atoms with van der Waals surface area (Å²) in [5.74, 6) is 0.391. The maximum absolute atomic E-state index is 12.5. The van der Waals surface area contributed by atoms with E-state index in [1.54, 1.807) is 0 Å². The number of hydrogen-bond acceptors (Lipinski definition) is 5. The predicted molar refractivity (Wildman–Crippen MR) is 103 cm³/mol. The van der Waals surface area contributed by atoms with Crippen molar-refractivity contribution in [3.63, 3.8) is 0 Å². The summed E-state index contributed by atoms with van der Waals surface area (Å²) in [6.07, 6.45) is 0.0904. The second-order valence-electron chi connectivity index (χ2n) is 7.12. The summed E-state index contributed by atoms with van der Waals surface area (Å²) in [5.41, 5.74) is 1.21.